The maximum Gasteiger partial charge on any atom is 0.123 e. The Morgan fingerprint density at radius 3 is 2.76 bits per heavy atom. The first-order valence-corrected chi connectivity index (χ1v) is 8.23. The number of benzene rings is 1. The average molecular weight is 290 g/mol. The summed E-state index contributed by atoms with van der Waals surface area (Å²) >= 11 is 0. The Bertz CT molecular complexity index is 449. The molecule has 2 rings (SSSR count). The van der Waals surface area contributed by atoms with E-state index in [1.54, 1.807) is 7.11 Å². The summed E-state index contributed by atoms with van der Waals surface area (Å²) in [6.07, 6.45) is 3.65. The zero-order valence-electron chi connectivity index (χ0n) is 14.0. The molecule has 21 heavy (non-hydrogen) atoms. The van der Waals surface area contributed by atoms with Crippen molar-refractivity contribution >= 4 is 0 Å². The molecule has 0 spiro atoms. The van der Waals surface area contributed by atoms with Gasteiger partial charge in [-0.2, -0.15) is 0 Å². The van der Waals surface area contributed by atoms with E-state index in [-0.39, 0.29) is 5.54 Å². The molecule has 0 radical (unpaired) electrons. The third-order valence-corrected chi connectivity index (χ3v) is 4.93. The maximum atomic E-state index is 5.52. The van der Waals surface area contributed by atoms with Crippen LogP contribution in [0.1, 0.15) is 45.6 Å². The molecule has 1 aliphatic rings. The number of ether oxygens (including phenoxy) is 1. The molecule has 2 unspecified atom stereocenters. The third-order valence-electron chi connectivity index (χ3n) is 4.93. The highest BCUT2D eigenvalue weighted by Crippen LogP contribution is 2.28. The van der Waals surface area contributed by atoms with Crippen LogP contribution in [-0.4, -0.2) is 36.7 Å². The van der Waals surface area contributed by atoms with Gasteiger partial charge in [0.1, 0.15) is 5.75 Å². The van der Waals surface area contributed by atoms with E-state index in [1.165, 1.54) is 18.4 Å². The van der Waals surface area contributed by atoms with Crippen molar-refractivity contribution < 1.29 is 4.74 Å². The molecule has 1 aromatic rings. The van der Waals surface area contributed by atoms with Crippen LogP contribution < -0.4 is 10.1 Å². The van der Waals surface area contributed by atoms with Crippen LogP contribution >= 0.6 is 0 Å². The SMILES string of the molecule is CCCC1CN(Cc2ccccc2OC)C(C)(CC)CN1. The zero-order valence-corrected chi connectivity index (χ0v) is 14.0. The predicted molar refractivity (Wildman–Crippen MR) is 88.8 cm³/mol. The number of para-hydroxylation sites is 1. The number of rotatable bonds is 6. The fourth-order valence-corrected chi connectivity index (χ4v) is 3.21. The van der Waals surface area contributed by atoms with Gasteiger partial charge >= 0.3 is 0 Å². The van der Waals surface area contributed by atoms with Gasteiger partial charge in [-0.3, -0.25) is 4.90 Å². The van der Waals surface area contributed by atoms with Gasteiger partial charge in [0, 0.05) is 36.8 Å². The molecule has 0 bridgehead atoms. The normalized spacial score (nSPS) is 26.8. The Kier molecular flexibility index (Phi) is 5.65. The number of nitrogens with one attached hydrogen (secondary N) is 1. The second kappa shape index (κ2) is 7.28. The van der Waals surface area contributed by atoms with Gasteiger partial charge in [-0.15, -0.1) is 0 Å². The summed E-state index contributed by atoms with van der Waals surface area (Å²) < 4.78 is 5.52. The fraction of sp³-hybridized carbons (Fsp3) is 0.667. The monoisotopic (exact) mass is 290 g/mol. The highest BCUT2D eigenvalue weighted by molar-refractivity contribution is 5.33. The number of hydrogen-bond donors (Lipinski definition) is 1. The van der Waals surface area contributed by atoms with Crippen molar-refractivity contribution in [3.8, 4) is 5.75 Å². The van der Waals surface area contributed by atoms with Crippen LogP contribution in [0.25, 0.3) is 0 Å². The van der Waals surface area contributed by atoms with Crippen molar-refractivity contribution in [2.24, 2.45) is 0 Å². The second-order valence-electron chi connectivity index (χ2n) is 6.41. The smallest absolute Gasteiger partial charge is 0.123 e. The van der Waals surface area contributed by atoms with Crippen molar-refractivity contribution in [1.29, 1.82) is 0 Å². The van der Waals surface area contributed by atoms with Gasteiger partial charge in [-0.25, -0.2) is 0 Å². The molecule has 0 saturated carbocycles. The molecule has 1 fully saturated rings. The van der Waals surface area contributed by atoms with E-state index in [1.807, 2.05) is 6.07 Å². The van der Waals surface area contributed by atoms with Gasteiger partial charge in [0.25, 0.3) is 0 Å². The van der Waals surface area contributed by atoms with Gasteiger partial charge in [0.15, 0.2) is 0 Å². The molecule has 2 atom stereocenters. The minimum Gasteiger partial charge on any atom is -0.496 e. The summed E-state index contributed by atoms with van der Waals surface area (Å²) in [6.45, 7) is 10.1. The lowest BCUT2D eigenvalue weighted by Crippen LogP contribution is -2.62. The quantitative estimate of drug-likeness (QED) is 0.868. The second-order valence-corrected chi connectivity index (χ2v) is 6.41. The number of methoxy groups -OCH3 is 1. The Morgan fingerprint density at radius 1 is 1.33 bits per heavy atom. The van der Waals surface area contributed by atoms with E-state index in [0.717, 1.165) is 31.8 Å². The average Bonchev–Trinajstić information content (AvgIpc) is 2.51. The summed E-state index contributed by atoms with van der Waals surface area (Å²) in [7, 11) is 1.76. The Labute approximate surface area is 129 Å². The number of nitrogens with zero attached hydrogens (tertiary/aromatic N) is 1. The topological polar surface area (TPSA) is 24.5 Å². The molecule has 1 aliphatic heterocycles. The zero-order chi connectivity index (χ0) is 15.3. The molecular formula is C18H30N2O. The molecule has 118 valence electrons. The van der Waals surface area contributed by atoms with Crippen LogP contribution in [0, 0.1) is 0 Å². The van der Waals surface area contributed by atoms with Crippen molar-refractivity contribution in [1.82, 2.24) is 10.2 Å². The van der Waals surface area contributed by atoms with E-state index < -0.39 is 0 Å². The van der Waals surface area contributed by atoms with Crippen LogP contribution in [0.2, 0.25) is 0 Å². The minimum atomic E-state index is 0.227. The molecular weight excluding hydrogens is 260 g/mol. The Balaban J connectivity index is 2.16. The van der Waals surface area contributed by atoms with Crippen molar-refractivity contribution in [2.75, 3.05) is 20.2 Å². The molecule has 1 saturated heterocycles. The molecule has 1 N–H and O–H groups in total. The number of piperazine rings is 1. The fourth-order valence-electron chi connectivity index (χ4n) is 3.21. The lowest BCUT2D eigenvalue weighted by atomic mass is 9.90. The number of hydrogen-bond acceptors (Lipinski definition) is 3. The molecule has 3 nitrogen and oxygen atoms in total. The van der Waals surface area contributed by atoms with Gasteiger partial charge in [-0.05, 0) is 25.8 Å². The summed E-state index contributed by atoms with van der Waals surface area (Å²) in [4.78, 5) is 2.64. The Hall–Kier alpha value is -1.06. The van der Waals surface area contributed by atoms with Crippen LogP contribution in [0.4, 0.5) is 0 Å². The van der Waals surface area contributed by atoms with Crippen molar-refractivity contribution in [3.63, 3.8) is 0 Å². The molecule has 3 heteroatoms. The summed E-state index contributed by atoms with van der Waals surface area (Å²) in [5.74, 6) is 1.00. The van der Waals surface area contributed by atoms with E-state index in [9.17, 15) is 0 Å². The van der Waals surface area contributed by atoms with Crippen molar-refractivity contribution in [2.45, 2.75) is 58.2 Å². The molecule has 0 aliphatic carbocycles. The van der Waals surface area contributed by atoms with E-state index >= 15 is 0 Å². The van der Waals surface area contributed by atoms with Gasteiger partial charge in [-0.1, -0.05) is 38.5 Å². The first-order valence-electron chi connectivity index (χ1n) is 8.23. The highest BCUT2D eigenvalue weighted by Gasteiger charge is 2.36. The lowest BCUT2D eigenvalue weighted by Gasteiger charge is -2.48. The summed E-state index contributed by atoms with van der Waals surface area (Å²) in [5, 5.41) is 3.73. The first kappa shape index (κ1) is 16.3. The predicted octanol–water partition coefficient (Wildman–Crippen LogP) is 3.44. The Morgan fingerprint density at radius 2 is 2.10 bits per heavy atom. The largest absolute Gasteiger partial charge is 0.496 e. The third kappa shape index (κ3) is 3.78. The van der Waals surface area contributed by atoms with Crippen molar-refractivity contribution in [3.05, 3.63) is 29.8 Å². The standard InChI is InChI=1S/C18H30N2O/c1-5-9-16-13-20(18(3,6-2)14-19-16)12-15-10-7-8-11-17(15)21-4/h7-8,10-11,16,19H,5-6,9,12-14H2,1-4H3. The van der Waals surface area contributed by atoms with Crippen LogP contribution in [0.3, 0.4) is 0 Å². The van der Waals surface area contributed by atoms with Crippen LogP contribution in [0.15, 0.2) is 24.3 Å². The minimum absolute atomic E-state index is 0.227. The van der Waals surface area contributed by atoms with Gasteiger partial charge < -0.3 is 10.1 Å². The van der Waals surface area contributed by atoms with E-state index in [2.05, 4.69) is 49.2 Å². The maximum absolute atomic E-state index is 5.52. The summed E-state index contributed by atoms with van der Waals surface area (Å²) in [6, 6.07) is 9.01. The first-order chi connectivity index (χ1) is 10.1. The van der Waals surface area contributed by atoms with Crippen LogP contribution in [0.5, 0.6) is 5.75 Å². The lowest BCUT2D eigenvalue weighted by molar-refractivity contribution is 0.0391. The van der Waals surface area contributed by atoms with Gasteiger partial charge in [0.2, 0.25) is 0 Å². The highest BCUT2D eigenvalue weighted by atomic mass is 16.5. The van der Waals surface area contributed by atoms with E-state index in [0.29, 0.717) is 6.04 Å². The molecule has 0 aromatic heterocycles. The van der Waals surface area contributed by atoms with Gasteiger partial charge in [0.05, 0.1) is 7.11 Å². The molecule has 1 heterocycles. The molecule has 1 aromatic carbocycles. The van der Waals surface area contributed by atoms with E-state index in [4.69, 9.17) is 4.74 Å². The summed E-state index contributed by atoms with van der Waals surface area (Å²) in [5.41, 5.74) is 1.52. The van der Waals surface area contributed by atoms with Crippen LogP contribution in [-0.2, 0) is 6.54 Å². The molecule has 0 amide bonds.